The fraction of sp³-hybridized carbons (Fsp3) is 0.364. The van der Waals surface area contributed by atoms with Crippen molar-refractivity contribution in [1.29, 1.82) is 0 Å². The Morgan fingerprint density at radius 2 is 2.31 bits per heavy atom. The molecule has 88 valence electrons. The van der Waals surface area contributed by atoms with E-state index in [1.165, 1.54) is 19.2 Å². The molecular formula is C11H16FN3O. The minimum absolute atomic E-state index is 0.174. The van der Waals surface area contributed by atoms with Gasteiger partial charge in [0.05, 0.1) is 7.11 Å². The molecule has 1 aromatic carbocycles. The van der Waals surface area contributed by atoms with Crippen LogP contribution in [0.1, 0.15) is 13.3 Å². The zero-order chi connectivity index (χ0) is 12.0. The number of nitrogens with one attached hydrogen (secondary N) is 1. The van der Waals surface area contributed by atoms with Crippen molar-refractivity contribution in [2.45, 2.75) is 13.3 Å². The van der Waals surface area contributed by atoms with Crippen molar-refractivity contribution in [2.24, 2.45) is 10.7 Å². The number of aliphatic imine (C=N–C) groups is 1. The van der Waals surface area contributed by atoms with Gasteiger partial charge in [0, 0.05) is 18.3 Å². The lowest BCUT2D eigenvalue weighted by atomic mass is 10.3. The molecule has 0 aliphatic rings. The summed E-state index contributed by atoms with van der Waals surface area (Å²) in [6, 6.07) is 4.42. The van der Waals surface area contributed by atoms with Crippen molar-refractivity contribution in [3.8, 4) is 5.75 Å². The number of ether oxygens (including phenoxy) is 1. The number of methoxy groups -OCH3 is 1. The van der Waals surface area contributed by atoms with Gasteiger partial charge in [-0.1, -0.05) is 6.92 Å². The molecule has 0 aromatic heterocycles. The maximum atomic E-state index is 13.1. The number of hydrogen-bond acceptors (Lipinski definition) is 2. The summed E-state index contributed by atoms with van der Waals surface area (Å²) in [4.78, 5) is 4.06. The van der Waals surface area contributed by atoms with Gasteiger partial charge in [0.2, 0.25) is 0 Å². The van der Waals surface area contributed by atoms with Crippen molar-refractivity contribution in [2.75, 3.05) is 19.0 Å². The van der Waals surface area contributed by atoms with Crippen LogP contribution in [0.15, 0.2) is 23.2 Å². The number of rotatable bonds is 4. The molecule has 0 unspecified atom stereocenters. The molecule has 0 atom stereocenters. The van der Waals surface area contributed by atoms with Gasteiger partial charge in [-0.25, -0.2) is 4.39 Å². The number of guanidine groups is 1. The topological polar surface area (TPSA) is 59.6 Å². The van der Waals surface area contributed by atoms with Crippen molar-refractivity contribution < 1.29 is 9.13 Å². The van der Waals surface area contributed by atoms with E-state index in [1.54, 1.807) is 6.07 Å². The fourth-order valence-electron chi connectivity index (χ4n) is 1.16. The average molecular weight is 225 g/mol. The third-order valence-electron chi connectivity index (χ3n) is 1.93. The van der Waals surface area contributed by atoms with Gasteiger partial charge in [0.15, 0.2) is 17.5 Å². The highest BCUT2D eigenvalue weighted by atomic mass is 19.1. The molecule has 0 aliphatic heterocycles. The van der Waals surface area contributed by atoms with Crippen LogP contribution in [0.2, 0.25) is 0 Å². The summed E-state index contributed by atoms with van der Waals surface area (Å²) < 4.78 is 17.9. The first-order valence-electron chi connectivity index (χ1n) is 5.08. The van der Waals surface area contributed by atoms with E-state index in [-0.39, 0.29) is 5.75 Å². The van der Waals surface area contributed by atoms with Crippen LogP contribution >= 0.6 is 0 Å². The van der Waals surface area contributed by atoms with E-state index in [1.807, 2.05) is 6.92 Å². The summed E-state index contributed by atoms with van der Waals surface area (Å²) in [5.74, 6) is 0.0842. The van der Waals surface area contributed by atoms with E-state index in [2.05, 4.69) is 10.3 Å². The second-order valence-electron chi connectivity index (χ2n) is 3.24. The molecule has 0 radical (unpaired) electrons. The number of nitrogens with two attached hydrogens (primary N) is 1. The molecule has 0 bridgehead atoms. The van der Waals surface area contributed by atoms with Gasteiger partial charge in [-0.05, 0) is 18.6 Å². The molecule has 0 spiro atoms. The first kappa shape index (κ1) is 12.3. The van der Waals surface area contributed by atoms with Gasteiger partial charge >= 0.3 is 0 Å². The monoisotopic (exact) mass is 225 g/mol. The number of hydrogen-bond donors (Lipinski definition) is 2. The van der Waals surface area contributed by atoms with Crippen LogP contribution in [-0.4, -0.2) is 19.6 Å². The van der Waals surface area contributed by atoms with Gasteiger partial charge in [0.25, 0.3) is 0 Å². The van der Waals surface area contributed by atoms with E-state index in [0.29, 0.717) is 18.2 Å². The zero-order valence-corrected chi connectivity index (χ0v) is 9.46. The zero-order valence-electron chi connectivity index (χ0n) is 9.46. The molecule has 4 nitrogen and oxygen atoms in total. The van der Waals surface area contributed by atoms with E-state index in [9.17, 15) is 4.39 Å². The Hall–Kier alpha value is -1.78. The molecule has 1 rings (SSSR count). The fourth-order valence-corrected chi connectivity index (χ4v) is 1.16. The second kappa shape index (κ2) is 5.95. The highest BCUT2D eigenvalue weighted by Crippen LogP contribution is 2.21. The first-order chi connectivity index (χ1) is 7.67. The molecular weight excluding hydrogens is 209 g/mol. The molecule has 16 heavy (non-hydrogen) atoms. The lowest BCUT2D eigenvalue weighted by molar-refractivity contribution is 0.387. The van der Waals surface area contributed by atoms with Crippen molar-refractivity contribution in [1.82, 2.24) is 0 Å². The van der Waals surface area contributed by atoms with Crippen molar-refractivity contribution in [3.63, 3.8) is 0 Å². The Labute approximate surface area is 94.3 Å². The highest BCUT2D eigenvalue weighted by molar-refractivity contribution is 5.92. The third kappa shape index (κ3) is 3.42. The lowest BCUT2D eigenvalue weighted by Crippen LogP contribution is -2.22. The minimum Gasteiger partial charge on any atom is -0.494 e. The minimum atomic E-state index is -0.405. The predicted molar refractivity (Wildman–Crippen MR) is 63.4 cm³/mol. The largest absolute Gasteiger partial charge is 0.494 e. The Bertz CT molecular complexity index is 379. The van der Waals surface area contributed by atoms with Crippen molar-refractivity contribution in [3.05, 3.63) is 24.0 Å². The Balaban J connectivity index is 2.74. The number of nitrogens with zero attached hydrogens (tertiary/aromatic N) is 1. The summed E-state index contributed by atoms with van der Waals surface area (Å²) in [6.45, 7) is 2.68. The van der Waals surface area contributed by atoms with Crippen LogP contribution in [0.4, 0.5) is 10.1 Å². The summed E-state index contributed by atoms with van der Waals surface area (Å²) in [7, 11) is 1.41. The number of halogens is 1. The normalized spacial score (nSPS) is 11.3. The van der Waals surface area contributed by atoms with E-state index >= 15 is 0 Å². The van der Waals surface area contributed by atoms with E-state index < -0.39 is 5.82 Å². The number of anilines is 1. The van der Waals surface area contributed by atoms with E-state index in [0.717, 1.165) is 6.42 Å². The molecule has 0 fully saturated rings. The van der Waals surface area contributed by atoms with Crippen molar-refractivity contribution >= 4 is 11.6 Å². The second-order valence-corrected chi connectivity index (χ2v) is 3.24. The maximum Gasteiger partial charge on any atom is 0.193 e. The maximum absolute atomic E-state index is 13.1. The SMILES string of the molecule is CCCN=C(N)Nc1ccc(F)c(OC)c1. The molecule has 0 saturated carbocycles. The highest BCUT2D eigenvalue weighted by Gasteiger charge is 2.03. The van der Waals surface area contributed by atoms with Crippen LogP contribution in [-0.2, 0) is 0 Å². The van der Waals surface area contributed by atoms with Crippen LogP contribution in [0.5, 0.6) is 5.75 Å². The van der Waals surface area contributed by atoms with Crippen LogP contribution in [0.3, 0.4) is 0 Å². The van der Waals surface area contributed by atoms with E-state index in [4.69, 9.17) is 10.5 Å². The molecule has 3 N–H and O–H groups in total. The van der Waals surface area contributed by atoms with Crippen LogP contribution in [0, 0.1) is 5.82 Å². The molecule has 0 amide bonds. The predicted octanol–water partition coefficient (Wildman–Crippen LogP) is 1.97. The molecule has 5 heteroatoms. The van der Waals surface area contributed by atoms with Gasteiger partial charge in [-0.3, -0.25) is 4.99 Å². The molecule has 1 aromatic rings. The standard InChI is InChI=1S/C11H16FN3O/c1-3-6-14-11(13)15-8-4-5-9(12)10(7-8)16-2/h4-5,7H,3,6H2,1-2H3,(H3,13,14,15). The summed E-state index contributed by atoms with van der Waals surface area (Å²) >= 11 is 0. The summed E-state index contributed by atoms with van der Waals surface area (Å²) in [5.41, 5.74) is 6.27. The first-order valence-corrected chi connectivity index (χ1v) is 5.08. The lowest BCUT2D eigenvalue weighted by Gasteiger charge is -2.07. The Kier molecular flexibility index (Phi) is 4.57. The Morgan fingerprint density at radius 1 is 1.56 bits per heavy atom. The van der Waals surface area contributed by atoms with Crippen LogP contribution in [0.25, 0.3) is 0 Å². The van der Waals surface area contributed by atoms with Gasteiger partial charge in [-0.2, -0.15) is 0 Å². The average Bonchev–Trinajstić information content (AvgIpc) is 2.29. The molecule has 0 aliphatic carbocycles. The summed E-state index contributed by atoms with van der Waals surface area (Å²) in [6.07, 6.45) is 0.926. The van der Waals surface area contributed by atoms with Gasteiger partial charge < -0.3 is 15.8 Å². The smallest absolute Gasteiger partial charge is 0.193 e. The van der Waals surface area contributed by atoms with Crippen LogP contribution < -0.4 is 15.8 Å². The molecule has 0 heterocycles. The van der Waals surface area contributed by atoms with Gasteiger partial charge in [-0.15, -0.1) is 0 Å². The quantitative estimate of drug-likeness (QED) is 0.608. The summed E-state index contributed by atoms with van der Waals surface area (Å²) in [5, 5.41) is 2.86. The number of benzene rings is 1. The Morgan fingerprint density at radius 3 is 2.94 bits per heavy atom. The molecule has 0 saturated heterocycles. The van der Waals surface area contributed by atoms with Gasteiger partial charge in [0.1, 0.15) is 0 Å². The third-order valence-corrected chi connectivity index (χ3v) is 1.93.